The Labute approximate surface area is 75.0 Å². The molecule has 78 valence electrons. The van der Waals surface area contributed by atoms with Crippen molar-refractivity contribution in [2.24, 2.45) is 0 Å². The molecule has 0 saturated heterocycles. The number of hydrogen-bond acceptors (Lipinski definition) is 7. The van der Waals surface area contributed by atoms with Gasteiger partial charge in [0.05, 0.1) is 13.2 Å². The first-order valence-electron chi connectivity index (χ1n) is 3.82. The molecule has 13 heavy (non-hydrogen) atoms. The Kier molecular flexibility index (Phi) is 3.58. The fourth-order valence-corrected chi connectivity index (χ4v) is 0.697. The van der Waals surface area contributed by atoms with Crippen molar-refractivity contribution in [2.45, 2.75) is 17.8 Å². The van der Waals surface area contributed by atoms with Crippen molar-refractivity contribution in [3.63, 3.8) is 0 Å². The van der Waals surface area contributed by atoms with Gasteiger partial charge in [0.2, 0.25) is 5.60 Å². The largest absolute Gasteiger partial charge is 0.479 e. The number of carboxylic acids is 1. The highest BCUT2D eigenvalue weighted by Crippen LogP contribution is 2.13. The minimum Gasteiger partial charge on any atom is -0.479 e. The lowest BCUT2D eigenvalue weighted by Crippen LogP contribution is -2.58. The first kappa shape index (κ1) is 10.4. The van der Waals surface area contributed by atoms with E-state index >= 15 is 0 Å². The van der Waals surface area contributed by atoms with Crippen molar-refractivity contribution in [3.05, 3.63) is 0 Å². The van der Waals surface area contributed by atoms with Gasteiger partial charge in [0, 0.05) is 0 Å². The second-order valence-corrected chi connectivity index (χ2v) is 2.56. The molecule has 6 N–H and O–H groups in total. The van der Waals surface area contributed by atoms with Gasteiger partial charge in [-0.05, 0) is 0 Å². The van der Waals surface area contributed by atoms with Crippen LogP contribution in [0.4, 0.5) is 0 Å². The fourth-order valence-electron chi connectivity index (χ4n) is 0.697. The van der Waals surface area contributed by atoms with Crippen LogP contribution < -0.4 is 0 Å². The Morgan fingerprint density at radius 1 is 1.46 bits per heavy atom. The average Bonchev–Trinajstić information content (AvgIpc) is 2.24. The molecule has 0 aliphatic heterocycles. The summed E-state index contributed by atoms with van der Waals surface area (Å²) >= 11 is 0. The van der Waals surface area contributed by atoms with Gasteiger partial charge in [-0.2, -0.15) is 0 Å². The molecule has 0 heterocycles. The Morgan fingerprint density at radius 2 is 2.00 bits per heavy atom. The normalized spacial score (nSPS) is 21.2. The summed E-state index contributed by atoms with van der Waals surface area (Å²) in [6.45, 7) is -2.17. The van der Waals surface area contributed by atoms with Crippen LogP contribution in [0.2, 0.25) is 0 Å². The van der Waals surface area contributed by atoms with Gasteiger partial charge in [-0.25, -0.2) is 4.79 Å². The molecule has 0 aliphatic carbocycles. The van der Waals surface area contributed by atoms with E-state index < -0.39 is 37.0 Å². The molecule has 0 bridgehead atoms. The zero-order valence-electron chi connectivity index (χ0n) is 7.62. The third kappa shape index (κ3) is 2.36. The second-order valence-electron chi connectivity index (χ2n) is 2.56. The van der Waals surface area contributed by atoms with Crippen molar-refractivity contribution in [1.29, 1.82) is 1.43 Å². The quantitative estimate of drug-likeness (QED) is 0.269. The molecule has 0 unspecified atom stereocenters. The van der Waals surface area contributed by atoms with Crippen molar-refractivity contribution >= 4 is 5.97 Å². The zero-order chi connectivity index (χ0) is 11.4. The van der Waals surface area contributed by atoms with Crippen LogP contribution >= 0.6 is 0 Å². The van der Waals surface area contributed by atoms with Gasteiger partial charge >= 0.3 is 5.97 Å². The standard InChI is InChI=1S/C6H12O7/c7-1-3(9)4(10)6(13,2-8)5(11)12/h3-4,7-10,13H,1-2H2,(H,11,12)/t3-,4+,6-/m1/s1/i/hD. The van der Waals surface area contributed by atoms with E-state index in [1.807, 2.05) is 0 Å². The summed E-state index contributed by atoms with van der Waals surface area (Å²) in [5.41, 5.74) is -2.82. The Hall–Kier alpha value is -0.730. The number of hydrogen-bond donors (Lipinski definition) is 6. The SMILES string of the molecule is [2H]OC(=O)[C@@](O)(CO)[C@@H](O)[C@H](O)CO. The molecule has 0 spiro atoms. The average molecular weight is 197 g/mol. The van der Waals surface area contributed by atoms with E-state index in [1.165, 1.54) is 0 Å². The molecule has 0 radical (unpaired) electrons. The van der Waals surface area contributed by atoms with Crippen molar-refractivity contribution in [3.8, 4) is 0 Å². The molecule has 0 aromatic rings. The third-order valence-corrected chi connectivity index (χ3v) is 1.64. The molecular formula is C6H12O7. The maximum Gasteiger partial charge on any atom is 0.341 e. The first-order chi connectivity index (χ1) is 6.43. The summed E-state index contributed by atoms with van der Waals surface area (Å²) in [6.07, 6.45) is -3.97. The highest BCUT2D eigenvalue weighted by molar-refractivity contribution is 5.78. The molecule has 0 aromatic carbocycles. The fraction of sp³-hybridized carbons (Fsp3) is 0.833. The minimum absolute atomic E-state index is 0.922. The van der Waals surface area contributed by atoms with Gasteiger partial charge < -0.3 is 30.6 Å². The molecule has 7 nitrogen and oxygen atoms in total. The van der Waals surface area contributed by atoms with E-state index in [0.29, 0.717) is 0 Å². The van der Waals surface area contributed by atoms with Gasteiger partial charge in [0.15, 0.2) is 0 Å². The second kappa shape index (κ2) is 4.49. The van der Waals surface area contributed by atoms with E-state index in [9.17, 15) is 9.90 Å². The van der Waals surface area contributed by atoms with Crippen LogP contribution in [0, 0.1) is 0 Å². The lowest BCUT2D eigenvalue weighted by molar-refractivity contribution is -0.191. The molecule has 0 rings (SSSR count). The van der Waals surface area contributed by atoms with Crippen molar-refractivity contribution in [2.75, 3.05) is 13.2 Å². The van der Waals surface area contributed by atoms with E-state index in [1.54, 1.807) is 0 Å². The third-order valence-electron chi connectivity index (χ3n) is 1.64. The van der Waals surface area contributed by atoms with Crippen molar-refractivity contribution < 1.29 is 35.4 Å². The van der Waals surface area contributed by atoms with Crippen LogP contribution in [0.15, 0.2) is 0 Å². The first-order valence-corrected chi connectivity index (χ1v) is 3.41. The van der Waals surface area contributed by atoms with Gasteiger partial charge in [-0.3, -0.25) is 0 Å². The molecular weight excluding hydrogens is 184 g/mol. The Morgan fingerprint density at radius 3 is 2.31 bits per heavy atom. The van der Waals surface area contributed by atoms with Crippen LogP contribution in [0.3, 0.4) is 0 Å². The highest BCUT2D eigenvalue weighted by atomic mass is 16.4. The van der Waals surface area contributed by atoms with E-state index in [4.69, 9.17) is 21.9 Å². The molecule has 0 saturated carbocycles. The molecule has 3 atom stereocenters. The molecule has 7 heteroatoms. The maximum atomic E-state index is 10.8. The van der Waals surface area contributed by atoms with E-state index in [2.05, 4.69) is 5.11 Å². The Bertz CT molecular complexity index is 199. The highest BCUT2D eigenvalue weighted by Gasteiger charge is 2.46. The number of aliphatic carboxylic acids is 1. The summed E-state index contributed by atoms with van der Waals surface area (Å²) in [4.78, 5) is 10.8. The smallest absolute Gasteiger partial charge is 0.341 e. The van der Waals surface area contributed by atoms with Gasteiger partial charge in [0.1, 0.15) is 12.2 Å². The summed E-state index contributed by atoms with van der Waals surface area (Å²) < 4.78 is 6.18. The van der Waals surface area contributed by atoms with Crippen LogP contribution in [-0.2, 0) is 4.79 Å². The van der Waals surface area contributed by atoms with Gasteiger partial charge in [-0.1, -0.05) is 0 Å². The number of carbonyl (C=O) groups is 1. The number of aliphatic hydroxyl groups is 5. The van der Waals surface area contributed by atoms with Gasteiger partial charge in [-0.15, -0.1) is 0 Å². The number of aliphatic hydroxyl groups excluding tert-OH is 4. The number of rotatable bonds is 5. The molecule has 0 fully saturated rings. The zero-order valence-corrected chi connectivity index (χ0v) is 6.62. The number of carboxylic acid groups (broad SMARTS) is 1. The van der Waals surface area contributed by atoms with Crippen LogP contribution in [-0.4, -0.2) is 67.6 Å². The van der Waals surface area contributed by atoms with E-state index in [0.717, 1.165) is 0 Å². The van der Waals surface area contributed by atoms with E-state index in [-0.39, 0.29) is 0 Å². The maximum absolute atomic E-state index is 10.8. The summed E-state index contributed by atoms with van der Waals surface area (Å²) in [6, 6.07) is 0. The minimum atomic E-state index is -2.82. The van der Waals surface area contributed by atoms with Crippen LogP contribution in [0.5, 0.6) is 0 Å². The summed E-state index contributed by atoms with van der Waals surface area (Å²) in [7, 11) is 0. The predicted molar refractivity (Wildman–Crippen MR) is 38.8 cm³/mol. The summed E-state index contributed by atoms with van der Waals surface area (Å²) in [5.74, 6) is -1.62. The lowest BCUT2D eigenvalue weighted by atomic mass is 9.94. The Balaban J connectivity index is 4.75. The molecule has 0 aliphatic rings. The molecule has 0 aromatic heterocycles. The van der Waals surface area contributed by atoms with Gasteiger partial charge in [0.25, 0.3) is 1.43 Å². The monoisotopic (exact) mass is 197 g/mol. The van der Waals surface area contributed by atoms with Crippen LogP contribution in [0.25, 0.3) is 1.43 Å². The molecule has 0 amide bonds. The predicted octanol–water partition coefficient (Wildman–Crippen LogP) is -3.49. The lowest BCUT2D eigenvalue weighted by Gasteiger charge is -2.29. The summed E-state index contributed by atoms with van der Waals surface area (Å²) in [5, 5.41) is 47.7. The van der Waals surface area contributed by atoms with Crippen molar-refractivity contribution in [1.82, 2.24) is 0 Å². The topological polar surface area (TPSA) is 138 Å². The van der Waals surface area contributed by atoms with Crippen LogP contribution in [0.1, 0.15) is 0 Å².